The zero-order chi connectivity index (χ0) is 15.5. The number of aliphatic carboxylic acids is 1. The van der Waals surface area contributed by atoms with Crippen molar-refractivity contribution in [2.75, 3.05) is 11.9 Å². The van der Waals surface area contributed by atoms with Crippen molar-refractivity contribution in [3.8, 4) is 0 Å². The van der Waals surface area contributed by atoms with Crippen molar-refractivity contribution in [2.24, 2.45) is 0 Å². The summed E-state index contributed by atoms with van der Waals surface area (Å²) < 4.78 is 5.69. The molecule has 1 aromatic carbocycles. The molecule has 1 aliphatic rings. The Morgan fingerprint density at radius 3 is 2.91 bits per heavy atom. The fraction of sp³-hybridized carbons (Fsp3) is 0.400. The number of hydrogen-bond donors (Lipinski definition) is 3. The number of anilines is 1. The number of benzene rings is 1. The highest BCUT2D eigenvalue weighted by Crippen LogP contribution is 2.40. The number of oxazole rings is 1. The van der Waals surface area contributed by atoms with Gasteiger partial charge in [-0.2, -0.15) is 0 Å². The molecule has 22 heavy (non-hydrogen) atoms. The predicted molar refractivity (Wildman–Crippen MR) is 79.9 cm³/mol. The first-order chi connectivity index (χ1) is 10.6. The zero-order valence-electron chi connectivity index (χ0n) is 12.0. The number of fused-ring (bicyclic) bond motifs is 1. The molecule has 0 aliphatic heterocycles. The minimum absolute atomic E-state index is 0.0360. The maximum Gasteiger partial charge on any atom is 0.319 e. The van der Waals surface area contributed by atoms with E-state index in [1.54, 1.807) is 12.1 Å². The quantitative estimate of drug-likeness (QED) is 0.712. The van der Waals surface area contributed by atoms with E-state index in [0.717, 1.165) is 24.2 Å². The number of rotatable bonds is 6. The Kier molecular flexibility index (Phi) is 3.95. The molecule has 1 aromatic heterocycles. The van der Waals surface area contributed by atoms with Crippen LogP contribution in [0.2, 0.25) is 0 Å². The van der Waals surface area contributed by atoms with Gasteiger partial charge in [-0.25, -0.2) is 9.78 Å². The van der Waals surface area contributed by atoms with Crippen LogP contribution in [0.15, 0.2) is 22.6 Å². The van der Waals surface area contributed by atoms with Crippen molar-refractivity contribution in [1.29, 1.82) is 0 Å². The number of hydrogen-bond acceptors (Lipinski definition) is 4. The van der Waals surface area contributed by atoms with E-state index in [1.165, 1.54) is 0 Å². The van der Waals surface area contributed by atoms with E-state index in [-0.39, 0.29) is 12.5 Å². The summed E-state index contributed by atoms with van der Waals surface area (Å²) >= 11 is 0. The van der Waals surface area contributed by atoms with E-state index < -0.39 is 5.97 Å². The number of aromatic nitrogens is 1. The lowest BCUT2D eigenvalue weighted by Gasteiger charge is -2.06. The second kappa shape index (κ2) is 6.05. The third-order valence-corrected chi connectivity index (χ3v) is 3.44. The van der Waals surface area contributed by atoms with Gasteiger partial charge in [0, 0.05) is 30.6 Å². The van der Waals surface area contributed by atoms with Gasteiger partial charge in [-0.1, -0.05) is 0 Å². The number of carboxylic acid groups (broad SMARTS) is 1. The van der Waals surface area contributed by atoms with E-state index in [2.05, 4.69) is 15.6 Å². The van der Waals surface area contributed by atoms with E-state index >= 15 is 0 Å². The Morgan fingerprint density at radius 2 is 2.18 bits per heavy atom. The summed E-state index contributed by atoms with van der Waals surface area (Å²) in [7, 11) is 0. The molecule has 1 fully saturated rings. The Balaban J connectivity index is 1.56. The Morgan fingerprint density at radius 1 is 1.36 bits per heavy atom. The second-order valence-electron chi connectivity index (χ2n) is 5.39. The summed E-state index contributed by atoms with van der Waals surface area (Å²) in [4.78, 5) is 26.5. The molecule has 2 amide bonds. The van der Waals surface area contributed by atoms with Gasteiger partial charge in [-0.15, -0.1) is 0 Å². The molecule has 0 bridgehead atoms. The lowest BCUT2D eigenvalue weighted by molar-refractivity contribution is -0.137. The monoisotopic (exact) mass is 303 g/mol. The van der Waals surface area contributed by atoms with E-state index in [4.69, 9.17) is 9.52 Å². The molecule has 0 saturated heterocycles. The highest BCUT2D eigenvalue weighted by molar-refractivity contribution is 5.91. The molecular weight excluding hydrogens is 286 g/mol. The van der Waals surface area contributed by atoms with Crippen LogP contribution in [-0.4, -0.2) is 28.6 Å². The van der Waals surface area contributed by atoms with Crippen molar-refractivity contribution in [2.45, 2.75) is 31.6 Å². The second-order valence-corrected chi connectivity index (χ2v) is 5.39. The van der Waals surface area contributed by atoms with Crippen LogP contribution in [0, 0.1) is 0 Å². The van der Waals surface area contributed by atoms with Gasteiger partial charge in [-0.3, -0.25) is 4.79 Å². The molecule has 1 saturated carbocycles. The van der Waals surface area contributed by atoms with Crippen LogP contribution in [0.25, 0.3) is 11.1 Å². The van der Waals surface area contributed by atoms with Gasteiger partial charge in [0.25, 0.3) is 0 Å². The summed E-state index contributed by atoms with van der Waals surface area (Å²) in [5, 5.41) is 13.8. The van der Waals surface area contributed by atoms with Crippen molar-refractivity contribution >= 4 is 28.8 Å². The van der Waals surface area contributed by atoms with Crippen LogP contribution in [0.4, 0.5) is 10.5 Å². The maximum absolute atomic E-state index is 11.7. The van der Waals surface area contributed by atoms with Crippen LogP contribution in [0.5, 0.6) is 0 Å². The third kappa shape index (κ3) is 3.55. The molecule has 1 heterocycles. The van der Waals surface area contributed by atoms with Gasteiger partial charge < -0.3 is 20.2 Å². The molecule has 0 spiro atoms. The molecule has 0 atom stereocenters. The van der Waals surface area contributed by atoms with Crippen LogP contribution >= 0.6 is 0 Å². The van der Waals surface area contributed by atoms with Crippen molar-refractivity contribution < 1.29 is 19.1 Å². The average Bonchev–Trinajstić information content (AvgIpc) is 3.23. The molecular formula is C15H17N3O4. The third-order valence-electron chi connectivity index (χ3n) is 3.44. The normalized spacial score (nSPS) is 14.0. The van der Waals surface area contributed by atoms with Gasteiger partial charge >= 0.3 is 12.0 Å². The highest BCUT2D eigenvalue weighted by atomic mass is 16.4. The SMILES string of the molecule is O=C(O)CCCNC(=O)Nc1ccc2nc(C3CC3)oc2c1. The first-order valence-electron chi connectivity index (χ1n) is 7.29. The van der Waals surface area contributed by atoms with Gasteiger partial charge in [0.1, 0.15) is 5.52 Å². The molecule has 0 radical (unpaired) electrons. The Bertz CT molecular complexity index is 706. The Labute approximate surface area is 126 Å². The lowest BCUT2D eigenvalue weighted by Crippen LogP contribution is -2.29. The minimum Gasteiger partial charge on any atom is -0.481 e. The van der Waals surface area contributed by atoms with E-state index in [0.29, 0.717) is 30.2 Å². The molecule has 3 N–H and O–H groups in total. The smallest absolute Gasteiger partial charge is 0.319 e. The van der Waals surface area contributed by atoms with E-state index in [1.807, 2.05) is 6.07 Å². The van der Waals surface area contributed by atoms with Crippen LogP contribution < -0.4 is 10.6 Å². The standard InChI is InChI=1S/C15H17N3O4/c19-13(20)2-1-7-16-15(21)17-10-5-6-11-12(8-10)22-14(18-11)9-3-4-9/h5-6,8-9H,1-4,7H2,(H,19,20)(H2,16,17,21). The number of urea groups is 1. The number of carbonyl (C=O) groups is 2. The number of carboxylic acids is 1. The van der Waals surface area contributed by atoms with E-state index in [9.17, 15) is 9.59 Å². The molecule has 116 valence electrons. The summed E-state index contributed by atoms with van der Waals surface area (Å²) in [5.41, 5.74) is 2.06. The zero-order valence-corrected chi connectivity index (χ0v) is 12.0. The summed E-state index contributed by atoms with van der Waals surface area (Å²) in [6.07, 6.45) is 2.68. The number of nitrogens with zero attached hydrogens (tertiary/aromatic N) is 1. The predicted octanol–water partition coefficient (Wildman–Crippen LogP) is 2.69. The van der Waals surface area contributed by atoms with Crippen molar-refractivity contribution in [3.05, 3.63) is 24.1 Å². The fourth-order valence-electron chi connectivity index (χ4n) is 2.14. The lowest BCUT2D eigenvalue weighted by atomic mass is 10.3. The van der Waals surface area contributed by atoms with Crippen molar-refractivity contribution in [1.82, 2.24) is 10.3 Å². The molecule has 7 heteroatoms. The first-order valence-corrected chi connectivity index (χ1v) is 7.29. The molecule has 7 nitrogen and oxygen atoms in total. The highest BCUT2D eigenvalue weighted by Gasteiger charge is 2.28. The fourth-order valence-corrected chi connectivity index (χ4v) is 2.14. The molecule has 0 unspecified atom stereocenters. The summed E-state index contributed by atoms with van der Waals surface area (Å²) in [5.74, 6) is 0.344. The molecule has 2 aromatic rings. The largest absolute Gasteiger partial charge is 0.481 e. The van der Waals surface area contributed by atoms with Crippen molar-refractivity contribution in [3.63, 3.8) is 0 Å². The first kappa shape index (κ1) is 14.4. The Hall–Kier alpha value is -2.57. The molecule has 3 rings (SSSR count). The minimum atomic E-state index is -0.871. The number of nitrogens with one attached hydrogen (secondary N) is 2. The number of amides is 2. The average molecular weight is 303 g/mol. The van der Waals surface area contributed by atoms with Crippen LogP contribution in [0.3, 0.4) is 0 Å². The molecule has 1 aliphatic carbocycles. The maximum atomic E-state index is 11.7. The summed E-state index contributed by atoms with van der Waals surface area (Å²) in [6.45, 7) is 0.314. The summed E-state index contributed by atoms with van der Waals surface area (Å²) in [6, 6.07) is 4.94. The number of carbonyl (C=O) groups excluding carboxylic acids is 1. The van der Waals surface area contributed by atoms with Gasteiger partial charge in [0.05, 0.1) is 0 Å². The van der Waals surface area contributed by atoms with Gasteiger partial charge in [0.15, 0.2) is 11.5 Å². The van der Waals surface area contributed by atoms with Gasteiger partial charge in [0.2, 0.25) is 0 Å². The topological polar surface area (TPSA) is 104 Å². The van der Waals surface area contributed by atoms with Crippen LogP contribution in [0.1, 0.15) is 37.5 Å². The van der Waals surface area contributed by atoms with Crippen LogP contribution in [-0.2, 0) is 4.79 Å². The van der Waals surface area contributed by atoms with Gasteiger partial charge in [-0.05, 0) is 31.4 Å².